The molecule has 0 bridgehead atoms. The summed E-state index contributed by atoms with van der Waals surface area (Å²) < 4.78 is 57.0. The lowest BCUT2D eigenvalue weighted by molar-refractivity contribution is 0.0983. The van der Waals surface area contributed by atoms with Crippen LogP contribution in [0.15, 0.2) is 64.1 Å². The largest absolute Gasteiger partial charge is 0.467 e. The Morgan fingerprint density at radius 2 is 1.97 bits per heavy atom. The number of halogens is 2. The third kappa shape index (κ3) is 3.96. The van der Waals surface area contributed by atoms with Crippen molar-refractivity contribution in [3.63, 3.8) is 0 Å². The fraction of sp³-hybridized carbons (Fsp3) is 0.100. The molecule has 6 nitrogen and oxygen atoms in total. The van der Waals surface area contributed by atoms with Crippen molar-refractivity contribution in [1.82, 2.24) is 4.98 Å². The van der Waals surface area contributed by atoms with E-state index in [2.05, 4.69) is 4.98 Å². The molecule has 1 amide bonds. The fourth-order valence-electron chi connectivity index (χ4n) is 2.86. The van der Waals surface area contributed by atoms with Crippen molar-refractivity contribution in [3.05, 3.63) is 77.8 Å². The van der Waals surface area contributed by atoms with E-state index in [1.165, 1.54) is 35.4 Å². The zero-order valence-corrected chi connectivity index (χ0v) is 17.1. The van der Waals surface area contributed by atoms with Gasteiger partial charge in [-0.1, -0.05) is 17.4 Å². The van der Waals surface area contributed by atoms with Crippen molar-refractivity contribution in [1.29, 1.82) is 0 Å². The van der Waals surface area contributed by atoms with Gasteiger partial charge in [0.15, 0.2) is 20.8 Å². The van der Waals surface area contributed by atoms with Crippen molar-refractivity contribution in [3.8, 4) is 0 Å². The maximum Gasteiger partial charge on any atom is 0.260 e. The number of carbonyl (C=O) groups excluding carboxylic acids is 1. The molecule has 0 radical (unpaired) electrons. The molecule has 0 saturated heterocycles. The van der Waals surface area contributed by atoms with Crippen molar-refractivity contribution in [2.45, 2.75) is 11.4 Å². The third-order valence-electron chi connectivity index (χ3n) is 4.28. The van der Waals surface area contributed by atoms with E-state index in [-0.39, 0.29) is 32.4 Å². The Morgan fingerprint density at radius 1 is 1.17 bits per heavy atom. The van der Waals surface area contributed by atoms with Crippen LogP contribution in [0.1, 0.15) is 16.1 Å². The molecule has 0 aliphatic carbocycles. The topological polar surface area (TPSA) is 80.5 Å². The van der Waals surface area contributed by atoms with E-state index in [1.54, 1.807) is 12.1 Å². The highest BCUT2D eigenvalue weighted by Crippen LogP contribution is 2.33. The smallest absolute Gasteiger partial charge is 0.260 e. The molecule has 2 aromatic carbocycles. The van der Waals surface area contributed by atoms with Crippen molar-refractivity contribution in [2.24, 2.45) is 0 Å². The highest BCUT2D eigenvalue weighted by Gasteiger charge is 2.24. The quantitative estimate of drug-likeness (QED) is 0.452. The maximum absolute atomic E-state index is 14.1. The van der Waals surface area contributed by atoms with Crippen LogP contribution in [0.25, 0.3) is 10.2 Å². The van der Waals surface area contributed by atoms with Gasteiger partial charge in [-0.15, -0.1) is 0 Å². The lowest BCUT2D eigenvalue weighted by Gasteiger charge is -2.19. The molecular formula is C20H14F2N2O4S2. The Hall–Kier alpha value is -3.11. The van der Waals surface area contributed by atoms with E-state index >= 15 is 0 Å². The van der Waals surface area contributed by atoms with Crippen LogP contribution in [0, 0.1) is 11.6 Å². The highest BCUT2D eigenvalue weighted by molar-refractivity contribution is 7.90. The van der Waals surface area contributed by atoms with Gasteiger partial charge in [-0.25, -0.2) is 22.2 Å². The Balaban J connectivity index is 1.81. The lowest BCUT2D eigenvalue weighted by atomic mass is 10.2. The van der Waals surface area contributed by atoms with Crippen LogP contribution in [0.5, 0.6) is 0 Å². The van der Waals surface area contributed by atoms with Gasteiger partial charge in [0.1, 0.15) is 17.1 Å². The summed E-state index contributed by atoms with van der Waals surface area (Å²) in [5, 5.41) is 0.126. The van der Waals surface area contributed by atoms with Crippen LogP contribution in [-0.4, -0.2) is 25.6 Å². The first-order valence-electron chi connectivity index (χ1n) is 8.62. The van der Waals surface area contributed by atoms with Crippen LogP contribution in [-0.2, 0) is 16.4 Å². The zero-order chi connectivity index (χ0) is 21.5. The molecule has 2 aromatic heterocycles. The molecule has 4 rings (SSSR count). The number of thiazole rings is 1. The Kier molecular flexibility index (Phi) is 5.12. The number of aromatic nitrogens is 1. The van der Waals surface area contributed by atoms with Crippen LogP contribution in [0.2, 0.25) is 0 Å². The van der Waals surface area contributed by atoms with Crippen LogP contribution in [0.3, 0.4) is 0 Å². The van der Waals surface area contributed by atoms with E-state index in [9.17, 15) is 22.0 Å². The van der Waals surface area contributed by atoms with Gasteiger partial charge in [0.25, 0.3) is 5.91 Å². The van der Waals surface area contributed by atoms with E-state index in [0.29, 0.717) is 5.76 Å². The van der Waals surface area contributed by atoms with Crippen LogP contribution in [0.4, 0.5) is 13.9 Å². The Bertz CT molecular complexity index is 1350. The number of benzene rings is 2. The molecule has 154 valence electrons. The molecule has 4 aromatic rings. The van der Waals surface area contributed by atoms with Crippen molar-refractivity contribution < 1.29 is 26.4 Å². The predicted molar refractivity (Wildman–Crippen MR) is 108 cm³/mol. The number of carbonyl (C=O) groups is 1. The standard InChI is InChI=1S/C20H14F2N2O4S2/c1-30(26,27)15-6-2-4-12(8-15)19(25)24(11-14-5-3-7-28-14)20-23-18-16(22)9-13(21)10-17(18)29-20/h2-10H,11H2,1H3. The number of furan rings is 1. The second-order valence-corrected chi connectivity index (χ2v) is 9.53. The molecule has 0 saturated carbocycles. The van der Waals surface area contributed by atoms with Crippen LogP contribution >= 0.6 is 11.3 Å². The maximum atomic E-state index is 14.1. The second-order valence-electron chi connectivity index (χ2n) is 6.50. The summed E-state index contributed by atoms with van der Waals surface area (Å²) in [5.74, 6) is -1.71. The molecule has 0 aliphatic heterocycles. The average molecular weight is 448 g/mol. The molecule has 0 unspecified atom stereocenters. The molecular weight excluding hydrogens is 434 g/mol. The van der Waals surface area contributed by atoms with Crippen molar-refractivity contribution in [2.75, 3.05) is 11.2 Å². The Morgan fingerprint density at radius 3 is 2.67 bits per heavy atom. The molecule has 10 heteroatoms. The van der Waals surface area contributed by atoms with Gasteiger partial charge in [0.2, 0.25) is 0 Å². The van der Waals surface area contributed by atoms with Gasteiger partial charge >= 0.3 is 0 Å². The molecule has 0 aliphatic rings. The average Bonchev–Trinajstić information content (AvgIpc) is 3.34. The summed E-state index contributed by atoms with van der Waals surface area (Å²) in [6, 6.07) is 10.7. The number of sulfone groups is 1. The fourth-order valence-corrected chi connectivity index (χ4v) is 4.53. The number of fused-ring (bicyclic) bond motifs is 1. The second kappa shape index (κ2) is 7.62. The van der Waals surface area contributed by atoms with E-state index in [1.807, 2.05) is 0 Å². The minimum absolute atomic E-state index is 0.0104. The van der Waals surface area contributed by atoms with Crippen LogP contribution < -0.4 is 4.90 Å². The molecule has 2 heterocycles. The first-order chi connectivity index (χ1) is 14.2. The monoisotopic (exact) mass is 448 g/mol. The predicted octanol–water partition coefficient (Wildman–Crippen LogP) is 4.42. The first kappa shape index (κ1) is 20.2. The minimum atomic E-state index is -3.52. The number of hydrogen-bond acceptors (Lipinski definition) is 6. The van der Waals surface area contributed by atoms with E-state index in [4.69, 9.17) is 4.42 Å². The summed E-state index contributed by atoms with van der Waals surface area (Å²) in [4.78, 5) is 18.7. The zero-order valence-electron chi connectivity index (χ0n) is 15.5. The van der Waals surface area contributed by atoms with Gasteiger partial charge in [0.05, 0.1) is 22.4 Å². The third-order valence-corrected chi connectivity index (χ3v) is 6.42. The summed E-state index contributed by atoms with van der Waals surface area (Å²) in [5.41, 5.74) is 0.0499. The molecule has 30 heavy (non-hydrogen) atoms. The molecule has 0 N–H and O–H groups in total. The number of nitrogens with zero attached hydrogens (tertiary/aromatic N) is 2. The van der Waals surface area contributed by atoms with Gasteiger partial charge in [-0.05, 0) is 36.4 Å². The number of hydrogen-bond donors (Lipinski definition) is 0. The normalized spacial score (nSPS) is 11.7. The minimum Gasteiger partial charge on any atom is -0.467 e. The SMILES string of the molecule is CS(=O)(=O)c1cccc(C(=O)N(Cc2ccco2)c2nc3c(F)cc(F)cc3s2)c1. The number of amides is 1. The summed E-state index contributed by atoms with van der Waals surface area (Å²) in [6.45, 7) is -0.0289. The molecule has 0 atom stereocenters. The summed E-state index contributed by atoms with van der Waals surface area (Å²) in [6.07, 6.45) is 2.48. The number of rotatable bonds is 5. The van der Waals surface area contributed by atoms with E-state index in [0.717, 1.165) is 29.7 Å². The Labute approximate surface area is 174 Å². The van der Waals surface area contributed by atoms with E-state index < -0.39 is 27.4 Å². The van der Waals surface area contributed by atoms with Gasteiger partial charge < -0.3 is 4.42 Å². The van der Waals surface area contributed by atoms with Gasteiger partial charge in [0, 0.05) is 17.9 Å². The lowest BCUT2D eigenvalue weighted by Crippen LogP contribution is -2.30. The molecule has 0 fully saturated rings. The van der Waals surface area contributed by atoms with Gasteiger partial charge in [-0.2, -0.15) is 0 Å². The number of anilines is 1. The highest BCUT2D eigenvalue weighted by atomic mass is 32.2. The summed E-state index contributed by atoms with van der Waals surface area (Å²) >= 11 is 0.942. The van der Waals surface area contributed by atoms with Gasteiger partial charge in [-0.3, -0.25) is 9.69 Å². The molecule has 0 spiro atoms. The first-order valence-corrected chi connectivity index (χ1v) is 11.3. The summed E-state index contributed by atoms with van der Waals surface area (Å²) in [7, 11) is -3.52. The van der Waals surface area contributed by atoms with Crippen molar-refractivity contribution >= 4 is 42.4 Å².